The van der Waals surface area contributed by atoms with Gasteiger partial charge in [0.05, 0.1) is 6.61 Å². The lowest BCUT2D eigenvalue weighted by atomic mass is 9.98. The van der Waals surface area contributed by atoms with Crippen molar-refractivity contribution in [1.29, 1.82) is 0 Å². The lowest BCUT2D eigenvalue weighted by molar-refractivity contribution is -0.143. The van der Waals surface area contributed by atoms with Crippen LogP contribution in [0.3, 0.4) is 0 Å². The van der Waals surface area contributed by atoms with Gasteiger partial charge < -0.3 is 9.64 Å². The summed E-state index contributed by atoms with van der Waals surface area (Å²) in [5, 5.41) is 0. The highest BCUT2D eigenvalue weighted by atomic mass is 16.5. The number of amides is 1. The van der Waals surface area contributed by atoms with E-state index in [4.69, 9.17) is 4.74 Å². The minimum absolute atomic E-state index is 0.0988. The zero-order valence-corrected chi connectivity index (χ0v) is 16.5. The Morgan fingerprint density at radius 1 is 1.04 bits per heavy atom. The van der Waals surface area contributed by atoms with Gasteiger partial charge in [-0.15, -0.1) is 0 Å². The largest absolute Gasteiger partial charge is 0.466 e. The molecule has 1 atom stereocenters. The van der Waals surface area contributed by atoms with Gasteiger partial charge >= 0.3 is 5.97 Å². The molecule has 0 radical (unpaired) electrons. The standard InChI is InChI=1S/C23H29NO3/c1-4-27-22(25)16-10-11-18(2)23(26)24(3)17-20-14-8-9-15-21(20)19-12-6-5-7-13-19/h5-9,12-15,18H,4,10-11,16-17H2,1-3H3. The van der Waals surface area contributed by atoms with Gasteiger partial charge in [0.2, 0.25) is 5.91 Å². The van der Waals surface area contributed by atoms with Gasteiger partial charge in [-0.25, -0.2) is 0 Å². The van der Waals surface area contributed by atoms with Crippen LogP contribution in [0, 0.1) is 5.92 Å². The van der Waals surface area contributed by atoms with E-state index < -0.39 is 0 Å². The Kier molecular flexibility index (Phi) is 8.05. The van der Waals surface area contributed by atoms with Gasteiger partial charge in [-0.05, 0) is 36.5 Å². The molecule has 2 aromatic carbocycles. The zero-order chi connectivity index (χ0) is 19.6. The predicted molar refractivity (Wildman–Crippen MR) is 108 cm³/mol. The Morgan fingerprint density at radius 2 is 1.70 bits per heavy atom. The molecule has 0 bridgehead atoms. The summed E-state index contributed by atoms with van der Waals surface area (Å²) in [4.78, 5) is 25.9. The van der Waals surface area contributed by atoms with Gasteiger partial charge in [-0.2, -0.15) is 0 Å². The second-order valence-corrected chi connectivity index (χ2v) is 6.82. The molecule has 0 saturated carbocycles. The van der Waals surface area contributed by atoms with E-state index >= 15 is 0 Å². The summed E-state index contributed by atoms with van der Waals surface area (Å²) in [5.74, 6) is -0.211. The molecule has 1 amide bonds. The number of carbonyl (C=O) groups is 2. The van der Waals surface area contributed by atoms with Crippen LogP contribution >= 0.6 is 0 Å². The van der Waals surface area contributed by atoms with Crippen molar-refractivity contribution >= 4 is 11.9 Å². The van der Waals surface area contributed by atoms with Crippen LogP contribution in [0.5, 0.6) is 0 Å². The summed E-state index contributed by atoms with van der Waals surface area (Å²) >= 11 is 0. The Labute approximate surface area is 162 Å². The molecule has 144 valence electrons. The number of benzene rings is 2. The lowest BCUT2D eigenvalue weighted by Gasteiger charge is -2.23. The molecule has 4 nitrogen and oxygen atoms in total. The number of hydrogen-bond acceptors (Lipinski definition) is 3. The maximum absolute atomic E-state index is 12.7. The highest BCUT2D eigenvalue weighted by Crippen LogP contribution is 2.25. The first-order valence-corrected chi connectivity index (χ1v) is 9.56. The molecule has 0 saturated heterocycles. The first-order valence-electron chi connectivity index (χ1n) is 9.56. The molecule has 0 N–H and O–H groups in total. The molecule has 0 fully saturated rings. The molecular weight excluding hydrogens is 338 g/mol. The number of ether oxygens (including phenoxy) is 1. The van der Waals surface area contributed by atoms with Crippen molar-refractivity contribution in [3.05, 3.63) is 60.2 Å². The highest BCUT2D eigenvalue weighted by Gasteiger charge is 2.19. The quantitative estimate of drug-likeness (QED) is 0.605. The summed E-state index contributed by atoms with van der Waals surface area (Å²) < 4.78 is 4.93. The fourth-order valence-corrected chi connectivity index (χ4v) is 3.18. The minimum atomic E-state index is -0.192. The summed E-state index contributed by atoms with van der Waals surface area (Å²) in [7, 11) is 1.84. The maximum atomic E-state index is 12.7. The first kappa shape index (κ1) is 20.7. The Balaban J connectivity index is 1.96. The summed E-state index contributed by atoms with van der Waals surface area (Å²) in [5.41, 5.74) is 3.42. The van der Waals surface area contributed by atoms with Crippen molar-refractivity contribution in [2.24, 2.45) is 5.92 Å². The fourth-order valence-electron chi connectivity index (χ4n) is 3.18. The fraction of sp³-hybridized carbons (Fsp3) is 0.391. The molecule has 2 aromatic rings. The van der Waals surface area contributed by atoms with Gasteiger partial charge in [-0.3, -0.25) is 9.59 Å². The van der Waals surface area contributed by atoms with Crippen molar-refractivity contribution in [3.8, 4) is 11.1 Å². The Hall–Kier alpha value is -2.62. The van der Waals surface area contributed by atoms with Crippen molar-refractivity contribution in [2.75, 3.05) is 13.7 Å². The van der Waals surface area contributed by atoms with Gasteiger partial charge in [0.1, 0.15) is 0 Å². The van der Waals surface area contributed by atoms with Crippen LogP contribution in [-0.4, -0.2) is 30.4 Å². The van der Waals surface area contributed by atoms with Crippen molar-refractivity contribution in [3.63, 3.8) is 0 Å². The third-order valence-corrected chi connectivity index (χ3v) is 4.63. The van der Waals surface area contributed by atoms with Crippen LogP contribution in [-0.2, 0) is 20.9 Å². The van der Waals surface area contributed by atoms with Crippen molar-refractivity contribution in [1.82, 2.24) is 4.90 Å². The number of nitrogens with zero attached hydrogens (tertiary/aromatic N) is 1. The van der Waals surface area contributed by atoms with E-state index in [1.54, 1.807) is 11.8 Å². The van der Waals surface area contributed by atoms with Gasteiger partial charge in [0.25, 0.3) is 0 Å². The number of hydrogen-bond donors (Lipinski definition) is 0. The van der Waals surface area contributed by atoms with Gasteiger partial charge in [0, 0.05) is 25.9 Å². The molecule has 4 heteroatoms. The third-order valence-electron chi connectivity index (χ3n) is 4.63. The van der Waals surface area contributed by atoms with Gasteiger partial charge in [-0.1, -0.05) is 61.5 Å². The van der Waals surface area contributed by atoms with E-state index in [9.17, 15) is 9.59 Å². The molecular formula is C23H29NO3. The number of esters is 1. The van der Waals surface area contributed by atoms with E-state index in [1.165, 1.54) is 0 Å². The van der Waals surface area contributed by atoms with Crippen LogP contribution < -0.4 is 0 Å². The minimum Gasteiger partial charge on any atom is -0.466 e. The van der Waals surface area contributed by atoms with Crippen LogP contribution in [0.25, 0.3) is 11.1 Å². The van der Waals surface area contributed by atoms with Crippen LogP contribution in [0.1, 0.15) is 38.7 Å². The van der Waals surface area contributed by atoms with E-state index in [-0.39, 0.29) is 17.8 Å². The molecule has 0 spiro atoms. The normalized spacial score (nSPS) is 11.7. The molecule has 0 heterocycles. The third kappa shape index (κ3) is 6.24. The lowest BCUT2D eigenvalue weighted by Crippen LogP contribution is -2.31. The molecule has 1 unspecified atom stereocenters. The van der Waals surface area contributed by atoms with E-state index in [1.807, 2.05) is 44.3 Å². The molecule has 0 aliphatic rings. The molecule has 0 aliphatic heterocycles. The molecule has 0 aliphatic carbocycles. The van der Waals surface area contributed by atoms with E-state index in [0.717, 1.165) is 16.7 Å². The number of carbonyl (C=O) groups excluding carboxylic acids is 2. The smallest absolute Gasteiger partial charge is 0.305 e. The summed E-state index contributed by atoms with van der Waals surface area (Å²) in [6.45, 7) is 4.68. The SMILES string of the molecule is CCOC(=O)CCCC(C)C(=O)N(C)Cc1ccccc1-c1ccccc1. The van der Waals surface area contributed by atoms with E-state index in [0.29, 0.717) is 32.4 Å². The van der Waals surface area contributed by atoms with Crippen LogP contribution in [0.2, 0.25) is 0 Å². The number of rotatable bonds is 9. The topological polar surface area (TPSA) is 46.6 Å². The highest BCUT2D eigenvalue weighted by molar-refractivity contribution is 5.79. The maximum Gasteiger partial charge on any atom is 0.305 e. The van der Waals surface area contributed by atoms with Crippen molar-refractivity contribution in [2.45, 2.75) is 39.7 Å². The average Bonchev–Trinajstić information content (AvgIpc) is 2.68. The first-order chi connectivity index (χ1) is 13.0. The Bertz CT molecular complexity index is 742. The molecule has 0 aromatic heterocycles. The second-order valence-electron chi connectivity index (χ2n) is 6.82. The predicted octanol–water partition coefficient (Wildman–Crippen LogP) is 4.68. The van der Waals surface area contributed by atoms with Gasteiger partial charge in [0.15, 0.2) is 0 Å². The van der Waals surface area contributed by atoms with Crippen molar-refractivity contribution < 1.29 is 14.3 Å². The average molecular weight is 367 g/mol. The monoisotopic (exact) mass is 367 g/mol. The second kappa shape index (κ2) is 10.5. The van der Waals surface area contributed by atoms with Crippen LogP contribution in [0.15, 0.2) is 54.6 Å². The molecule has 2 rings (SSSR count). The van der Waals surface area contributed by atoms with E-state index in [2.05, 4.69) is 24.3 Å². The molecule has 27 heavy (non-hydrogen) atoms. The zero-order valence-electron chi connectivity index (χ0n) is 16.5. The van der Waals surface area contributed by atoms with Crippen LogP contribution in [0.4, 0.5) is 0 Å². The summed E-state index contributed by atoms with van der Waals surface area (Å²) in [6.07, 6.45) is 1.72. The summed E-state index contributed by atoms with van der Waals surface area (Å²) in [6, 6.07) is 18.4. The Morgan fingerprint density at radius 3 is 2.41 bits per heavy atom.